The fourth-order valence-electron chi connectivity index (χ4n) is 1.99. The summed E-state index contributed by atoms with van der Waals surface area (Å²) in [6.45, 7) is 2.30. The molecule has 6 heteroatoms. The van der Waals surface area contributed by atoms with Crippen LogP contribution in [0.1, 0.15) is 21.5 Å². The average Bonchev–Trinajstić information content (AvgIpc) is 2.53. The Kier molecular flexibility index (Phi) is 6.02. The van der Waals surface area contributed by atoms with Gasteiger partial charge in [0.1, 0.15) is 0 Å². The van der Waals surface area contributed by atoms with E-state index in [0.29, 0.717) is 22.2 Å². The molecular formula is C17H16Cl2N2O2. The zero-order chi connectivity index (χ0) is 16.8. The van der Waals surface area contributed by atoms with Gasteiger partial charge >= 0.3 is 0 Å². The fraction of sp³-hybridized carbons (Fsp3) is 0.176. The number of benzene rings is 2. The van der Waals surface area contributed by atoms with E-state index in [1.165, 1.54) is 12.1 Å². The van der Waals surface area contributed by atoms with E-state index in [1.54, 1.807) is 6.07 Å². The highest BCUT2D eigenvalue weighted by Gasteiger charge is 2.09. The molecule has 2 aromatic carbocycles. The summed E-state index contributed by atoms with van der Waals surface area (Å²) in [5, 5.41) is 5.96. The van der Waals surface area contributed by atoms with Crippen LogP contribution in [-0.2, 0) is 11.3 Å². The lowest BCUT2D eigenvalue weighted by atomic mass is 10.1. The van der Waals surface area contributed by atoms with Crippen molar-refractivity contribution in [2.45, 2.75) is 13.5 Å². The summed E-state index contributed by atoms with van der Waals surface area (Å²) in [4.78, 5) is 23.7. The minimum Gasteiger partial charge on any atom is -0.350 e. The van der Waals surface area contributed by atoms with Gasteiger partial charge in [-0.2, -0.15) is 0 Å². The van der Waals surface area contributed by atoms with Crippen LogP contribution >= 0.6 is 23.2 Å². The van der Waals surface area contributed by atoms with Crippen LogP contribution in [0.15, 0.2) is 42.5 Å². The van der Waals surface area contributed by atoms with E-state index in [2.05, 4.69) is 10.6 Å². The predicted octanol–water partition coefficient (Wildman–Crippen LogP) is 3.35. The summed E-state index contributed by atoms with van der Waals surface area (Å²) in [7, 11) is 0. The van der Waals surface area contributed by atoms with Gasteiger partial charge in [0, 0.05) is 12.1 Å². The van der Waals surface area contributed by atoms with Gasteiger partial charge in [-0.1, -0.05) is 53.0 Å². The van der Waals surface area contributed by atoms with Crippen molar-refractivity contribution in [2.75, 3.05) is 6.54 Å². The smallest absolute Gasteiger partial charge is 0.251 e. The van der Waals surface area contributed by atoms with Gasteiger partial charge in [0.2, 0.25) is 5.91 Å². The van der Waals surface area contributed by atoms with E-state index in [4.69, 9.17) is 23.2 Å². The molecule has 23 heavy (non-hydrogen) atoms. The van der Waals surface area contributed by atoms with Gasteiger partial charge in [-0.25, -0.2) is 0 Å². The zero-order valence-corrected chi connectivity index (χ0v) is 14.0. The number of nitrogens with one attached hydrogen (secondary N) is 2. The third-order valence-corrected chi connectivity index (χ3v) is 3.90. The van der Waals surface area contributed by atoms with Gasteiger partial charge in [0.05, 0.1) is 16.6 Å². The summed E-state index contributed by atoms with van der Waals surface area (Å²) in [5.74, 6) is -0.644. The first-order valence-corrected chi connectivity index (χ1v) is 7.77. The zero-order valence-electron chi connectivity index (χ0n) is 12.5. The molecule has 0 aromatic heterocycles. The maximum Gasteiger partial charge on any atom is 0.251 e. The second kappa shape index (κ2) is 7.99. The van der Waals surface area contributed by atoms with Crippen molar-refractivity contribution in [1.82, 2.24) is 10.6 Å². The van der Waals surface area contributed by atoms with Crippen molar-refractivity contribution in [3.8, 4) is 0 Å². The Labute approximate surface area is 144 Å². The minimum atomic E-state index is -0.380. The van der Waals surface area contributed by atoms with Gasteiger partial charge in [-0.05, 0) is 30.7 Å². The van der Waals surface area contributed by atoms with Crippen LogP contribution in [0.3, 0.4) is 0 Å². The van der Waals surface area contributed by atoms with Crippen LogP contribution in [0.2, 0.25) is 10.0 Å². The monoisotopic (exact) mass is 350 g/mol. The average molecular weight is 351 g/mol. The second-order valence-electron chi connectivity index (χ2n) is 5.08. The first kappa shape index (κ1) is 17.3. The van der Waals surface area contributed by atoms with E-state index in [0.717, 1.165) is 11.1 Å². The largest absolute Gasteiger partial charge is 0.350 e. The lowest BCUT2D eigenvalue weighted by Gasteiger charge is -2.08. The first-order valence-electron chi connectivity index (χ1n) is 7.01. The summed E-state index contributed by atoms with van der Waals surface area (Å²) in [6, 6.07) is 12.4. The summed E-state index contributed by atoms with van der Waals surface area (Å²) in [5.41, 5.74) is 2.49. The van der Waals surface area contributed by atoms with Crippen LogP contribution in [-0.4, -0.2) is 18.4 Å². The van der Waals surface area contributed by atoms with E-state index in [1.807, 2.05) is 31.2 Å². The van der Waals surface area contributed by atoms with Crippen molar-refractivity contribution in [1.29, 1.82) is 0 Å². The van der Waals surface area contributed by atoms with Gasteiger partial charge < -0.3 is 10.6 Å². The molecule has 0 saturated heterocycles. The van der Waals surface area contributed by atoms with Crippen LogP contribution < -0.4 is 10.6 Å². The lowest BCUT2D eigenvalue weighted by Crippen LogP contribution is -2.36. The summed E-state index contributed by atoms with van der Waals surface area (Å²) in [6.07, 6.45) is 0. The maximum atomic E-state index is 11.9. The highest BCUT2D eigenvalue weighted by molar-refractivity contribution is 6.42. The van der Waals surface area contributed by atoms with Crippen molar-refractivity contribution in [2.24, 2.45) is 0 Å². The van der Waals surface area contributed by atoms with Crippen LogP contribution in [0.4, 0.5) is 0 Å². The molecule has 0 fully saturated rings. The van der Waals surface area contributed by atoms with Crippen molar-refractivity contribution in [3.05, 3.63) is 69.2 Å². The Morgan fingerprint density at radius 3 is 2.48 bits per heavy atom. The number of halogens is 2. The Bertz CT molecular complexity index is 732. The molecule has 0 bridgehead atoms. The summed E-state index contributed by atoms with van der Waals surface area (Å²) >= 11 is 11.7. The Hall–Kier alpha value is -2.04. The van der Waals surface area contributed by atoms with Crippen LogP contribution in [0.25, 0.3) is 0 Å². The van der Waals surface area contributed by atoms with Crippen molar-refractivity contribution >= 4 is 35.0 Å². The van der Waals surface area contributed by atoms with Crippen molar-refractivity contribution < 1.29 is 9.59 Å². The molecule has 0 radical (unpaired) electrons. The van der Waals surface area contributed by atoms with Gasteiger partial charge in [-0.3, -0.25) is 9.59 Å². The van der Waals surface area contributed by atoms with Crippen molar-refractivity contribution in [3.63, 3.8) is 0 Å². The van der Waals surface area contributed by atoms with E-state index in [-0.39, 0.29) is 18.4 Å². The number of rotatable bonds is 5. The molecule has 0 unspecified atom stereocenters. The lowest BCUT2D eigenvalue weighted by molar-refractivity contribution is -0.120. The third kappa shape index (κ3) is 5.27. The molecule has 4 nitrogen and oxygen atoms in total. The van der Waals surface area contributed by atoms with Crippen LogP contribution in [0, 0.1) is 6.92 Å². The molecule has 0 spiro atoms. The quantitative estimate of drug-likeness (QED) is 0.868. The fourth-order valence-corrected chi connectivity index (χ4v) is 2.28. The molecule has 0 aliphatic carbocycles. The molecule has 2 amide bonds. The highest BCUT2D eigenvalue weighted by Crippen LogP contribution is 2.22. The number of amides is 2. The highest BCUT2D eigenvalue weighted by atomic mass is 35.5. The molecule has 0 heterocycles. The minimum absolute atomic E-state index is 0.106. The molecular weight excluding hydrogens is 335 g/mol. The van der Waals surface area contributed by atoms with Gasteiger partial charge in [0.25, 0.3) is 5.91 Å². The molecule has 120 valence electrons. The molecule has 2 aromatic rings. The molecule has 0 saturated carbocycles. The SMILES string of the molecule is Cc1cccc(CNC(=O)CNC(=O)c2ccc(Cl)c(Cl)c2)c1. The number of hydrogen-bond acceptors (Lipinski definition) is 2. The number of carbonyl (C=O) groups is 2. The molecule has 0 atom stereocenters. The number of aryl methyl sites for hydroxylation is 1. The standard InChI is InChI=1S/C17H16Cl2N2O2/c1-11-3-2-4-12(7-11)9-20-16(22)10-21-17(23)13-5-6-14(18)15(19)8-13/h2-8H,9-10H2,1H3,(H,20,22)(H,21,23). The van der Waals surface area contributed by atoms with Crippen LogP contribution in [0.5, 0.6) is 0 Å². The topological polar surface area (TPSA) is 58.2 Å². The number of carbonyl (C=O) groups excluding carboxylic acids is 2. The predicted molar refractivity (Wildman–Crippen MR) is 91.8 cm³/mol. The molecule has 0 aliphatic rings. The van der Waals surface area contributed by atoms with E-state index >= 15 is 0 Å². The summed E-state index contributed by atoms with van der Waals surface area (Å²) < 4.78 is 0. The normalized spacial score (nSPS) is 10.2. The second-order valence-corrected chi connectivity index (χ2v) is 5.89. The molecule has 0 aliphatic heterocycles. The molecule has 2 N–H and O–H groups in total. The van der Waals surface area contributed by atoms with E-state index < -0.39 is 0 Å². The van der Waals surface area contributed by atoms with Gasteiger partial charge in [0.15, 0.2) is 0 Å². The maximum absolute atomic E-state index is 11.9. The Balaban J connectivity index is 1.81. The van der Waals surface area contributed by atoms with E-state index in [9.17, 15) is 9.59 Å². The Morgan fingerprint density at radius 2 is 1.78 bits per heavy atom. The Morgan fingerprint density at radius 1 is 1.00 bits per heavy atom. The first-order chi connectivity index (χ1) is 11.0. The van der Waals surface area contributed by atoms with Gasteiger partial charge in [-0.15, -0.1) is 0 Å². The number of hydrogen-bond donors (Lipinski definition) is 2. The third-order valence-electron chi connectivity index (χ3n) is 3.16. The molecule has 2 rings (SSSR count).